The van der Waals surface area contributed by atoms with Crippen LogP contribution in [0.3, 0.4) is 0 Å². The van der Waals surface area contributed by atoms with Gasteiger partial charge in [-0.25, -0.2) is 10.0 Å². The number of hydrogen-bond donors (Lipinski definition) is 2. The van der Waals surface area contributed by atoms with Crippen LogP contribution in [0.4, 0.5) is 0 Å². The number of phenolic OH excluding ortho intramolecular Hbond substituents is 1. The van der Waals surface area contributed by atoms with E-state index in [-0.39, 0.29) is 85.3 Å². The van der Waals surface area contributed by atoms with Gasteiger partial charge in [0.15, 0.2) is 5.78 Å². The molecule has 0 unspecified atom stereocenters. The Bertz CT molecular complexity index is 2140. The summed E-state index contributed by atoms with van der Waals surface area (Å²) in [5.74, 6) is -0.135. The quantitative estimate of drug-likeness (QED) is 0.134. The van der Waals surface area contributed by atoms with E-state index in [4.69, 9.17) is 0 Å². The number of hydrazine groups is 1. The molecule has 2 N–H and O–H groups in total. The number of ketones is 1. The number of aromatic hydroxyl groups is 1. The molecule has 3 aliphatic rings. The van der Waals surface area contributed by atoms with Crippen LogP contribution in [-0.2, 0) is 40.8 Å². The molecule has 57 heavy (non-hydrogen) atoms. The number of piperidine rings is 1. The highest BCUT2D eigenvalue weighted by atomic mass is 16.3. The number of rotatable bonds is 12. The molecular weight excluding hydrogens is 717 g/mol. The Hall–Kier alpha value is -5.26. The predicted octanol–water partition coefficient (Wildman–Crippen LogP) is 6.00. The lowest BCUT2D eigenvalue weighted by molar-refractivity contribution is -0.205. The van der Waals surface area contributed by atoms with Crippen LogP contribution in [0.2, 0.25) is 0 Å². The molecule has 3 fully saturated rings. The lowest BCUT2D eigenvalue weighted by Crippen LogP contribution is -2.75. The van der Waals surface area contributed by atoms with Crippen LogP contribution in [-0.4, -0.2) is 95.9 Å². The molecule has 7 rings (SSSR count). The molecule has 0 aliphatic carbocycles. The Morgan fingerprint density at radius 2 is 1.63 bits per heavy atom. The number of para-hydroxylation sites is 1. The number of aromatic nitrogens is 1. The van der Waals surface area contributed by atoms with Crippen molar-refractivity contribution in [2.75, 3.05) is 19.6 Å². The summed E-state index contributed by atoms with van der Waals surface area (Å²) >= 11 is 0. The number of phenols is 1. The highest BCUT2D eigenvalue weighted by molar-refractivity contribution is 6.09. The van der Waals surface area contributed by atoms with E-state index >= 15 is 0 Å². The topological polar surface area (TPSA) is 118 Å². The number of carbonyl (C=O) groups excluding carboxylic acids is 4. The summed E-state index contributed by atoms with van der Waals surface area (Å²) in [6.45, 7) is 13.3. The molecule has 4 heterocycles. The van der Waals surface area contributed by atoms with Gasteiger partial charge in [0.25, 0.3) is 0 Å². The zero-order valence-corrected chi connectivity index (χ0v) is 33.9. The van der Waals surface area contributed by atoms with E-state index in [1.807, 2.05) is 66.3 Å². The summed E-state index contributed by atoms with van der Waals surface area (Å²) in [5, 5.41) is 18.0. The van der Waals surface area contributed by atoms with Gasteiger partial charge in [-0.15, -0.1) is 6.58 Å². The lowest BCUT2D eigenvalue weighted by Gasteiger charge is -2.55. The number of fused-ring (bicyclic) bond motifs is 2. The second kappa shape index (κ2) is 15.9. The molecule has 3 amide bonds. The van der Waals surface area contributed by atoms with Crippen molar-refractivity contribution >= 4 is 34.4 Å². The average Bonchev–Trinajstić information content (AvgIpc) is 3.49. The number of carbonyl (C=O) groups is 4. The van der Waals surface area contributed by atoms with Gasteiger partial charge in [-0.05, 0) is 81.7 Å². The molecule has 0 radical (unpaired) electrons. The maximum atomic E-state index is 14.7. The Balaban J connectivity index is 1.21. The number of aryl methyl sites for hydroxylation is 2. The summed E-state index contributed by atoms with van der Waals surface area (Å²) in [5.41, 5.74) is 4.11. The lowest BCUT2D eigenvalue weighted by atomic mass is 9.74. The molecule has 3 aliphatic heterocycles. The SMILES string of the molecule is C=CCN1CC(=O)N2[C@@H](Cc3ccc(O)cc3)C(=O)N(Cc3cccc4c(C(=O)CC5CC(C)(C)NC(C)(C)C5)cn(C)c34)C[C@@H]2N1C(=O)CCc1ccccc1. The first-order valence-corrected chi connectivity index (χ1v) is 20.1. The Kier molecular flexibility index (Phi) is 11.2. The molecule has 11 nitrogen and oxygen atoms in total. The predicted molar refractivity (Wildman–Crippen MR) is 221 cm³/mol. The standard InChI is InChI=1S/C46H56N6O5/c1-7-22-50-30-42(56)51-38(23-32-16-19-35(53)20-17-32)44(57)49(29-40(51)52(50)41(55)21-18-31-12-9-8-10-13-31)27-34-14-11-15-36-37(28-48(6)43(34)36)39(54)24-33-25-45(2,3)47-46(4,5)26-33/h7-17,19-20,28,33,38,40,47,53H,1,18,21-27,29-30H2,2-6H3/t38-,40-/m0/s1. The van der Waals surface area contributed by atoms with Gasteiger partial charge < -0.3 is 24.8 Å². The number of piperazine rings is 1. The van der Waals surface area contributed by atoms with Crippen molar-refractivity contribution in [2.24, 2.45) is 13.0 Å². The zero-order valence-electron chi connectivity index (χ0n) is 33.9. The van der Waals surface area contributed by atoms with E-state index in [2.05, 4.69) is 39.6 Å². The van der Waals surface area contributed by atoms with E-state index in [1.54, 1.807) is 50.2 Å². The third kappa shape index (κ3) is 8.55. The van der Waals surface area contributed by atoms with Crippen LogP contribution in [0, 0.1) is 5.92 Å². The maximum absolute atomic E-state index is 14.7. The molecule has 1 aromatic heterocycles. The van der Waals surface area contributed by atoms with Crippen LogP contribution in [0.1, 0.15) is 80.4 Å². The minimum absolute atomic E-state index is 0.0647. The van der Waals surface area contributed by atoms with Gasteiger partial charge in [-0.3, -0.25) is 19.2 Å². The minimum Gasteiger partial charge on any atom is -0.508 e. The van der Waals surface area contributed by atoms with Gasteiger partial charge in [0.1, 0.15) is 18.0 Å². The van der Waals surface area contributed by atoms with E-state index in [1.165, 1.54) is 0 Å². The molecule has 300 valence electrons. The maximum Gasteiger partial charge on any atom is 0.246 e. The summed E-state index contributed by atoms with van der Waals surface area (Å²) in [6.07, 6.45) is 6.10. The molecule has 0 bridgehead atoms. The van der Waals surface area contributed by atoms with Crippen LogP contribution in [0.25, 0.3) is 10.9 Å². The van der Waals surface area contributed by atoms with Gasteiger partial charge in [-0.2, -0.15) is 0 Å². The zero-order chi connectivity index (χ0) is 40.6. The number of nitrogens with one attached hydrogen (secondary N) is 1. The first-order valence-electron chi connectivity index (χ1n) is 20.1. The normalized spacial score (nSPS) is 21.2. The molecule has 3 saturated heterocycles. The fourth-order valence-electron chi connectivity index (χ4n) is 9.93. The summed E-state index contributed by atoms with van der Waals surface area (Å²) in [7, 11) is 1.94. The second-order valence-electron chi connectivity index (χ2n) is 17.5. The average molecular weight is 773 g/mol. The van der Waals surface area contributed by atoms with Crippen molar-refractivity contribution in [1.82, 2.24) is 29.7 Å². The van der Waals surface area contributed by atoms with Crippen LogP contribution in [0.15, 0.2) is 91.6 Å². The fourth-order valence-corrected chi connectivity index (χ4v) is 9.93. The third-order valence-electron chi connectivity index (χ3n) is 11.8. The van der Waals surface area contributed by atoms with Gasteiger partial charge in [0, 0.05) is 67.6 Å². The van der Waals surface area contributed by atoms with Crippen molar-refractivity contribution in [3.63, 3.8) is 0 Å². The van der Waals surface area contributed by atoms with Crippen molar-refractivity contribution in [3.8, 4) is 5.75 Å². The van der Waals surface area contributed by atoms with Crippen LogP contribution < -0.4 is 5.32 Å². The van der Waals surface area contributed by atoms with E-state index in [0.717, 1.165) is 40.4 Å². The molecule has 2 atom stereocenters. The van der Waals surface area contributed by atoms with Crippen molar-refractivity contribution in [1.29, 1.82) is 0 Å². The number of nitrogens with zero attached hydrogens (tertiary/aromatic N) is 5. The minimum atomic E-state index is -0.890. The van der Waals surface area contributed by atoms with Crippen LogP contribution >= 0.6 is 0 Å². The highest BCUT2D eigenvalue weighted by Crippen LogP contribution is 2.37. The second-order valence-corrected chi connectivity index (χ2v) is 17.5. The van der Waals surface area contributed by atoms with Crippen molar-refractivity contribution in [3.05, 3.63) is 114 Å². The van der Waals surface area contributed by atoms with Gasteiger partial charge in [-0.1, -0.05) is 66.7 Å². The number of hydrogen-bond acceptors (Lipinski definition) is 7. The molecule has 0 spiro atoms. The fraction of sp³-hybridized carbons (Fsp3) is 0.435. The Morgan fingerprint density at radius 1 is 0.930 bits per heavy atom. The highest BCUT2D eigenvalue weighted by Gasteiger charge is 2.51. The number of amides is 3. The monoisotopic (exact) mass is 772 g/mol. The summed E-state index contributed by atoms with van der Waals surface area (Å²) < 4.78 is 1.98. The van der Waals surface area contributed by atoms with Crippen LogP contribution in [0.5, 0.6) is 5.75 Å². The molecule has 3 aromatic carbocycles. The number of Topliss-reactive ketones (excluding diaryl/α,β-unsaturated/α-hetero) is 1. The first kappa shape index (κ1) is 40.0. The molecular formula is C46H56N6O5. The van der Waals surface area contributed by atoms with Crippen molar-refractivity contribution in [2.45, 2.75) is 96.1 Å². The number of benzene rings is 3. The smallest absolute Gasteiger partial charge is 0.246 e. The first-order chi connectivity index (χ1) is 27.1. The van der Waals surface area contributed by atoms with Gasteiger partial charge in [0.05, 0.1) is 18.6 Å². The van der Waals surface area contributed by atoms with E-state index < -0.39 is 12.2 Å². The van der Waals surface area contributed by atoms with Crippen molar-refractivity contribution < 1.29 is 24.3 Å². The largest absolute Gasteiger partial charge is 0.508 e. The van der Waals surface area contributed by atoms with Gasteiger partial charge in [0.2, 0.25) is 17.7 Å². The van der Waals surface area contributed by atoms with E-state index in [9.17, 15) is 24.3 Å². The third-order valence-corrected chi connectivity index (χ3v) is 11.8. The van der Waals surface area contributed by atoms with E-state index in [0.29, 0.717) is 18.4 Å². The Morgan fingerprint density at radius 3 is 2.32 bits per heavy atom. The van der Waals surface area contributed by atoms with Gasteiger partial charge >= 0.3 is 0 Å². The molecule has 4 aromatic rings. The molecule has 11 heteroatoms. The molecule has 0 saturated carbocycles. The summed E-state index contributed by atoms with van der Waals surface area (Å²) in [4.78, 5) is 60.6. The summed E-state index contributed by atoms with van der Waals surface area (Å²) in [6, 6.07) is 21.5. The Labute approximate surface area is 335 Å².